The van der Waals surface area contributed by atoms with Crippen LogP contribution in [0.5, 0.6) is 5.75 Å². The van der Waals surface area contributed by atoms with Crippen LogP contribution >= 0.6 is 0 Å². The highest BCUT2D eigenvalue weighted by atomic mass is 16.6. The summed E-state index contributed by atoms with van der Waals surface area (Å²) in [7, 11) is 1.62. The van der Waals surface area contributed by atoms with E-state index in [4.69, 9.17) is 9.47 Å². The molecule has 15 heavy (non-hydrogen) atoms. The summed E-state index contributed by atoms with van der Waals surface area (Å²) in [4.78, 5) is 10.7. The van der Waals surface area contributed by atoms with Crippen LogP contribution in [0, 0.1) is 0 Å². The van der Waals surface area contributed by atoms with Crippen molar-refractivity contribution >= 4 is 12.2 Å². The molecule has 0 aliphatic carbocycles. The summed E-state index contributed by atoms with van der Waals surface area (Å²) in [6.07, 6.45) is 1.42. The van der Waals surface area contributed by atoms with Crippen molar-refractivity contribution in [1.29, 1.82) is 0 Å². The zero-order valence-electron chi connectivity index (χ0n) is 8.32. The van der Waals surface area contributed by atoms with Crippen molar-refractivity contribution in [2.45, 2.75) is 0 Å². The highest BCUT2D eigenvalue weighted by molar-refractivity contribution is 5.73. The number of ether oxygens (including phenoxy) is 2. The van der Waals surface area contributed by atoms with Crippen LogP contribution in [0.1, 0.15) is 5.56 Å². The van der Waals surface area contributed by atoms with E-state index in [1.165, 1.54) is 0 Å². The van der Waals surface area contributed by atoms with Gasteiger partial charge < -0.3 is 14.8 Å². The molecule has 2 rings (SSSR count). The smallest absolute Gasteiger partial charge is 0.412 e. The maximum Gasteiger partial charge on any atom is 0.412 e. The quantitative estimate of drug-likeness (QED) is 0.800. The van der Waals surface area contributed by atoms with E-state index in [9.17, 15) is 4.79 Å². The Morgan fingerprint density at radius 1 is 1.40 bits per heavy atom. The minimum absolute atomic E-state index is 0.394. The molecule has 0 saturated carbocycles. The van der Waals surface area contributed by atoms with Gasteiger partial charge in [-0.3, -0.25) is 0 Å². The fraction of sp³-hybridized carbons (Fsp3) is 0.182. The first-order chi connectivity index (χ1) is 7.28. The third-order valence-corrected chi connectivity index (χ3v) is 2.07. The van der Waals surface area contributed by atoms with Crippen molar-refractivity contribution in [3.8, 4) is 5.75 Å². The number of alkyl carbamates (subject to hydrolysis) is 1. The molecule has 1 fully saturated rings. The average molecular weight is 205 g/mol. The van der Waals surface area contributed by atoms with E-state index in [1.807, 2.05) is 30.3 Å². The number of cyclic esters (lactones) is 1. The van der Waals surface area contributed by atoms with Crippen molar-refractivity contribution in [3.05, 3.63) is 35.6 Å². The van der Waals surface area contributed by atoms with Gasteiger partial charge in [0.05, 0.1) is 13.7 Å². The molecule has 0 radical (unpaired) electrons. The predicted octanol–water partition coefficient (Wildman–Crippen LogP) is 1.78. The van der Waals surface area contributed by atoms with Crippen LogP contribution in [-0.2, 0) is 4.74 Å². The summed E-state index contributed by atoms with van der Waals surface area (Å²) in [5.74, 6) is 1.43. The van der Waals surface area contributed by atoms with Crippen LogP contribution < -0.4 is 10.1 Å². The molecule has 0 spiro atoms. The van der Waals surface area contributed by atoms with Crippen molar-refractivity contribution in [2.24, 2.45) is 0 Å². The van der Waals surface area contributed by atoms with Gasteiger partial charge in [-0.2, -0.15) is 0 Å². The summed E-state index contributed by atoms with van der Waals surface area (Å²) < 4.78 is 9.94. The van der Waals surface area contributed by atoms with Crippen LogP contribution in [0.2, 0.25) is 0 Å². The SMILES string of the molecule is COc1ccc(/C=C2/CNC(=O)O2)cc1. The molecule has 0 unspecified atom stereocenters. The molecule has 0 atom stereocenters. The Hall–Kier alpha value is -1.97. The standard InChI is InChI=1S/C11H11NO3/c1-14-9-4-2-8(3-5-9)6-10-7-12-11(13)15-10/h2-6H,7H2,1H3,(H,12,13)/b10-6-. The van der Waals surface area contributed by atoms with Crippen molar-refractivity contribution in [1.82, 2.24) is 5.32 Å². The lowest BCUT2D eigenvalue weighted by Crippen LogP contribution is -2.11. The van der Waals surface area contributed by atoms with E-state index in [-0.39, 0.29) is 0 Å². The van der Waals surface area contributed by atoms with Crippen LogP contribution in [0.3, 0.4) is 0 Å². The largest absolute Gasteiger partial charge is 0.497 e. The van der Waals surface area contributed by atoms with Gasteiger partial charge in [-0.25, -0.2) is 4.79 Å². The van der Waals surface area contributed by atoms with Gasteiger partial charge in [-0.1, -0.05) is 12.1 Å². The van der Waals surface area contributed by atoms with E-state index in [0.29, 0.717) is 12.3 Å². The zero-order chi connectivity index (χ0) is 10.7. The first kappa shape index (κ1) is 9.58. The molecule has 0 aromatic heterocycles. The summed E-state index contributed by atoms with van der Waals surface area (Å²) in [6.45, 7) is 0.449. The zero-order valence-corrected chi connectivity index (χ0v) is 8.32. The van der Waals surface area contributed by atoms with Gasteiger partial charge in [0.25, 0.3) is 0 Å². The third-order valence-electron chi connectivity index (χ3n) is 2.07. The number of carbonyl (C=O) groups excluding carboxylic acids is 1. The molecule has 1 aliphatic rings. The third kappa shape index (κ3) is 2.28. The first-order valence-electron chi connectivity index (χ1n) is 4.58. The minimum Gasteiger partial charge on any atom is -0.497 e. The maximum atomic E-state index is 10.7. The Labute approximate surface area is 87.5 Å². The van der Waals surface area contributed by atoms with Gasteiger partial charge in [-0.15, -0.1) is 0 Å². The number of methoxy groups -OCH3 is 1. The second kappa shape index (κ2) is 4.04. The van der Waals surface area contributed by atoms with Crippen molar-refractivity contribution in [3.63, 3.8) is 0 Å². The topological polar surface area (TPSA) is 47.6 Å². The Balaban J connectivity index is 2.13. The maximum absolute atomic E-state index is 10.7. The molecule has 1 aromatic carbocycles. The molecule has 4 nitrogen and oxygen atoms in total. The molecule has 1 aliphatic heterocycles. The lowest BCUT2D eigenvalue weighted by Gasteiger charge is -1.99. The van der Waals surface area contributed by atoms with Gasteiger partial charge in [0.2, 0.25) is 0 Å². The lowest BCUT2D eigenvalue weighted by atomic mass is 10.2. The molecule has 1 amide bonds. The summed E-state index contributed by atoms with van der Waals surface area (Å²) >= 11 is 0. The van der Waals surface area contributed by atoms with E-state index < -0.39 is 6.09 Å². The predicted molar refractivity (Wildman–Crippen MR) is 55.5 cm³/mol. The fourth-order valence-electron chi connectivity index (χ4n) is 1.32. The fourth-order valence-corrected chi connectivity index (χ4v) is 1.32. The van der Waals surface area contributed by atoms with Gasteiger partial charge >= 0.3 is 6.09 Å². The average Bonchev–Trinajstić information content (AvgIpc) is 2.65. The van der Waals surface area contributed by atoms with Crippen molar-refractivity contribution < 1.29 is 14.3 Å². The van der Waals surface area contributed by atoms with Crippen molar-refractivity contribution in [2.75, 3.05) is 13.7 Å². The molecule has 1 aromatic rings. The Kier molecular flexibility index (Phi) is 2.58. The Bertz CT molecular complexity index is 395. The van der Waals surface area contributed by atoms with E-state index in [1.54, 1.807) is 7.11 Å². The summed E-state index contributed by atoms with van der Waals surface area (Å²) in [5, 5.41) is 2.56. The second-order valence-electron chi connectivity index (χ2n) is 3.13. The molecule has 0 bridgehead atoms. The lowest BCUT2D eigenvalue weighted by molar-refractivity contribution is 0.195. The van der Waals surface area contributed by atoms with Crippen LogP contribution in [0.15, 0.2) is 30.0 Å². The Morgan fingerprint density at radius 2 is 2.13 bits per heavy atom. The molecule has 4 heteroatoms. The van der Waals surface area contributed by atoms with Gasteiger partial charge in [0.1, 0.15) is 11.5 Å². The molecule has 1 heterocycles. The molecule has 1 N–H and O–H groups in total. The van der Waals surface area contributed by atoms with Gasteiger partial charge in [0.15, 0.2) is 0 Å². The molecular formula is C11H11NO3. The van der Waals surface area contributed by atoms with Crippen LogP contribution in [-0.4, -0.2) is 19.7 Å². The number of rotatable bonds is 2. The highest BCUT2D eigenvalue weighted by Gasteiger charge is 2.15. The highest BCUT2D eigenvalue weighted by Crippen LogP contribution is 2.15. The summed E-state index contributed by atoms with van der Waals surface area (Å²) in [5.41, 5.74) is 0.974. The number of carbonyl (C=O) groups is 1. The number of hydrogen-bond acceptors (Lipinski definition) is 3. The summed E-state index contributed by atoms with van der Waals surface area (Å²) in [6, 6.07) is 7.52. The van der Waals surface area contributed by atoms with Gasteiger partial charge in [0, 0.05) is 0 Å². The number of amides is 1. The van der Waals surface area contributed by atoms with E-state index in [0.717, 1.165) is 11.3 Å². The molecule has 1 saturated heterocycles. The number of benzene rings is 1. The number of hydrogen-bond donors (Lipinski definition) is 1. The van der Waals surface area contributed by atoms with E-state index in [2.05, 4.69) is 5.32 Å². The Morgan fingerprint density at radius 3 is 2.67 bits per heavy atom. The first-order valence-corrected chi connectivity index (χ1v) is 4.58. The molecular weight excluding hydrogens is 194 g/mol. The molecule has 78 valence electrons. The second-order valence-corrected chi connectivity index (χ2v) is 3.13. The number of nitrogens with one attached hydrogen (secondary N) is 1. The minimum atomic E-state index is -0.394. The monoisotopic (exact) mass is 205 g/mol. The normalized spacial score (nSPS) is 17.4. The van der Waals surface area contributed by atoms with E-state index >= 15 is 0 Å². The van der Waals surface area contributed by atoms with Crippen LogP contribution in [0.4, 0.5) is 4.79 Å². The van der Waals surface area contributed by atoms with Crippen LogP contribution in [0.25, 0.3) is 6.08 Å². The van der Waals surface area contributed by atoms with Gasteiger partial charge in [-0.05, 0) is 23.8 Å².